The Morgan fingerprint density at radius 2 is 1.88 bits per heavy atom. The van der Waals surface area contributed by atoms with E-state index in [1.807, 2.05) is 13.8 Å². The first-order valence-corrected chi connectivity index (χ1v) is 7.64. The summed E-state index contributed by atoms with van der Waals surface area (Å²) in [6.07, 6.45) is 1.52. The molecule has 0 saturated heterocycles. The van der Waals surface area contributed by atoms with E-state index in [1.165, 1.54) is 0 Å². The van der Waals surface area contributed by atoms with Crippen molar-refractivity contribution in [3.63, 3.8) is 0 Å². The molecule has 2 atom stereocenters. The third-order valence-electron chi connectivity index (χ3n) is 2.95. The van der Waals surface area contributed by atoms with Gasteiger partial charge in [-0.25, -0.2) is 8.42 Å². The van der Waals surface area contributed by atoms with Crippen molar-refractivity contribution in [2.24, 2.45) is 11.7 Å². The number of carbonyl (C=O) groups is 1. The first-order valence-electron chi connectivity index (χ1n) is 5.82. The Bertz CT molecular complexity index is 311. The normalized spacial score (nSPS) is 15.8. The van der Waals surface area contributed by atoms with Crippen LogP contribution < -0.4 is 5.73 Å². The van der Waals surface area contributed by atoms with Crippen molar-refractivity contribution in [2.45, 2.75) is 46.1 Å². The van der Waals surface area contributed by atoms with Gasteiger partial charge in [-0.15, -0.1) is 0 Å². The molecule has 0 radical (unpaired) electrons. The third-order valence-corrected chi connectivity index (χ3v) is 4.74. The highest BCUT2D eigenvalue weighted by Crippen LogP contribution is 2.09. The predicted molar refractivity (Wildman–Crippen MR) is 66.0 cm³/mol. The molecule has 96 valence electrons. The van der Waals surface area contributed by atoms with Crippen molar-refractivity contribution in [2.75, 3.05) is 11.5 Å². The van der Waals surface area contributed by atoms with Gasteiger partial charge in [0.05, 0.1) is 11.8 Å². The lowest BCUT2D eigenvalue weighted by atomic mass is 9.94. The van der Waals surface area contributed by atoms with Crippen LogP contribution in [-0.4, -0.2) is 31.7 Å². The van der Waals surface area contributed by atoms with Crippen LogP contribution in [0.25, 0.3) is 0 Å². The lowest BCUT2D eigenvalue weighted by molar-refractivity contribution is -0.121. The van der Waals surface area contributed by atoms with E-state index >= 15 is 0 Å². The lowest BCUT2D eigenvalue weighted by Gasteiger charge is -2.16. The van der Waals surface area contributed by atoms with Crippen LogP contribution in [0.5, 0.6) is 0 Å². The molecule has 0 aliphatic carbocycles. The molecule has 0 aromatic heterocycles. The smallest absolute Gasteiger partial charge is 0.150 e. The van der Waals surface area contributed by atoms with E-state index in [0.717, 1.165) is 6.42 Å². The van der Waals surface area contributed by atoms with Crippen LogP contribution >= 0.6 is 0 Å². The zero-order valence-electron chi connectivity index (χ0n) is 10.4. The largest absolute Gasteiger partial charge is 0.321 e. The van der Waals surface area contributed by atoms with E-state index in [1.54, 1.807) is 6.92 Å². The number of sulfone groups is 1. The van der Waals surface area contributed by atoms with Gasteiger partial charge < -0.3 is 5.73 Å². The quantitative estimate of drug-likeness (QED) is 0.700. The van der Waals surface area contributed by atoms with Gasteiger partial charge >= 0.3 is 0 Å². The topological polar surface area (TPSA) is 77.2 Å². The van der Waals surface area contributed by atoms with E-state index in [0.29, 0.717) is 6.42 Å². The fourth-order valence-corrected chi connectivity index (χ4v) is 2.22. The van der Waals surface area contributed by atoms with Crippen molar-refractivity contribution in [3.8, 4) is 0 Å². The second-order valence-corrected chi connectivity index (χ2v) is 6.69. The molecule has 0 bridgehead atoms. The fraction of sp³-hybridized carbons (Fsp3) is 0.909. The maximum atomic E-state index is 11.6. The Hall–Kier alpha value is -0.420. The average Bonchev–Trinajstić information content (AvgIpc) is 2.26. The summed E-state index contributed by atoms with van der Waals surface area (Å²) in [5.74, 6) is 0.358. The molecule has 0 saturated carbocycles. The highest BCUT2D eigenvalue weighted by molar-refractivity contribution is 7.91. The second kappa shape index (κ2) is 7.01. The van der Waals surface area contributed by atoms with Crippen LogP contribution in [0, 0.1) is 5.92 Å². The Balaban J connectivity index is 4.00. The van der Waals surface area contributed by atoms with Crippen LogP contribution in [0.4, 0.5) is 0 Å². The molecule has 16 heavy (non-hydrogen) atoms. The molecule has 0 spiro atoms. The van der Waals surface area contributed by atoms with E-state index in [-0.39, 0.29) is 29.6 Å². The van der Waals surface area contributed by atoms with Crippen molar-refractivity contribution in [1.82, 2.24) is 0 Å². The predicted octanol–water partition coefficient (Wildman–Crippen LogP) is 1.14. The SMILES string of the molecule is CCC(C)C(N)C(=O)CCCS(=O)(=O)CC. The summed E-state index contributed by atoms with van der Waals surface area (Å²) in [4.78, 5) is 11.6. The van der Waals surface area contributed by atoms with Gasteiger partial charge in [0.25, 0.3) is 0 Å². The van der Waals surface area contributed by atoms with Gasteiger partial charge in [0.2, 0.25) is 0 Å². The van der Waals surface area contributed by atoms with Gasteiger partial charge in [-0.1, -0.05) is 27.2 Å². The molecule has 5 heteroatoms. The lowest BCUT2D eigenvalue weighted by Crippen LogP contribution is -2.36. The number of ketones is 1. The van der Waals surface area contributed by atoms with E-state index < -0.39 is 15.9 Å². The highest BCUT2D eigenvalue weighted by atomic mass is 32.2. The van der Waals surface area contributed by atoms with Crippen LogP contribution in [0.2, 0.25) is 0 Å². The molecule has 0 aliphatic heterocycles. The van der Waals surface area contributed by atoms with E-state index in [2.05, 4.69) is 0 Å². The first-order chi connectivity index (χ1) is 7.34. The number of hydrogen-bond acceptors (Lipinski definition) is 4. The molecule has 2 unspecified atom stereocenters. The Morgan fingerprint density at radius 1 is 1.31 bits per heavy atom. The summed E-state index contributed by atoms with van der Waals surface area (Å²) >= 11 is 0. The molecule has 2 N–H and O–H groups in total. The maximum absolute atomic E-state index is 11.6. The van der Waals surface area contributed by atoms with Gasteiger partial charge in [-0.3, -0.25) is 4.79 Å². The van der Waals surface area contributed by atoms with Crippen LogP contribution in [0.3, 0.4) is 0 Å². The van der Waals surface area contributed by atoms with Crippen LogP contribution in [-0.2, 0) is 14.6 Å². The van der Waals surface area contributed by atoms with Gasteiger partial charge in [0.1, 0.15) is 15.6 Å². The van der Waals surface area contributed by atoms with Gasteiger partial charge in [-0.2, -0.15) is 0 Å². The van der Waals surface area contributed by atoms with Crippen LogP contribution in [0.1, 0.15) is 40.0 Å². The summed E-state index contributed by atoms with van der Waals surface area (Å²) in [6.45, 7) is 5.53. The Kier molecular flexibility index (Phi) is 6.83. The van der Waals surface area contributed by atoms with Gasteiger partial charge in [-0.05, 0) is 12.3 Å². The summed E-state index contributed by atoms with van der Waals surface area (Å²) in [5.41, 5.74) is 5.75. The van der Waals surface area contributed by atoms with Crippen molar-refractivity contribution in [1.29, 1.82) is 0 Å². The number of hydrogen-bond donors (Lipinski definition) is 1. The average molecular weight is 249 g/mol. The molecule has 0 aromatic rings. The van der Waals surface area contributed by atoms with E-state index in [9.17, 15) is 13.2 Å². The van der Waals surface area contributed by atoms with Crippen molar-refractivity contribution in [3.05, 3.63) is 0 Å². The second-order valence-electron chi connectivity index (χ2n) is 4.22. The zero-order valence-corrected chi connectivity index (χ0v) is 11.2. The van der Waals surface area contributed by atoms with Crippen molar-refractivity contribution >= 4 is 15.6 Å². The molecule has 0 aliphatic rings. The minimum absolute atomic E-state index is 0.0272. The molecule has 4 nitrogen and oxygen atoms in total. The molecular formula is C11H23NO3S. The summed E-state index contributed by atoms with van der Waals surface area (Å²) in [6, 6.07) is -0.450. The number of nitrogens with two attached hydrogens (primary N) is 1. The molecule has 0 amide bonds. The van der Waals surface area contributed by atoms with E-state index in [4.69, 9.17) is 5.73 Å². The molecule has 0 rings (SSSR count). The highest BCUT2D eigenvalue weighted by Gasteiger charge is 2.19. The molecular weight excluding hydrogens is 226 g/mol. The fourth-order valence-electron chi connectivity index (χ4n) is 1.35. The molecule has 0 fully saturated rings. The Morgan fingerprint density at radius 3 is 2.31 bits per heavy atom. The maximum Gasteiger partial charge on any atom is 0.150 e. The summed E-state index contributed by atoms with van der Waals surface area (Å²) < 4.78 is 22.4. The van der Waals surface area contributed by atoms with Gasteiger partial charge in [0, 0.05) is 12.2 Å². The standard InChI is InChI=1S/C11H23NO3S/c1-4-9(3)11(12)10(13)7-6-8-16(14,15)5-2/h9,11H,4-8,12H2,1-3H3. The molecule has 0 aromatic carbocycles. The summed E-state index contributed by atoms with van der Waals surface area (Å²) in [5, 5.41) is 0. The van der Waals surface area contributed by atoms with Gasteiger partial charge in [0.15, 0.2) is 0 Å². The number of Topliss-reactive ketones (excluding diaryl/α,β-unsaturated/α-hetero) is 1. The number of carbonyl (C=O) groups excluding carboxylic acids is 1. The Labute approximate surface area is 98.5 Å². The summed E-state index contributed by atoms with van der Waals surface area (Å²) in [7, 11) is -2.96. The minimum Gasteiger partial charge on any atom is -0.321 e. The molecule has 0 heterocycles. The minimum atomic E-state index is -2.96. The van der Waals surface area contributed by atoms with Crippen molar-refractivity contribution < 1.29 is 13.2 Å². The number of rotatable bonds is 8. The monoisotopic (exact) mass is 249 g/mol. The third kappa shape index (κ3) is 5.61. The van der Waals surface area contributed by atoms with Crippen LogP contribution in [0.15, 0.2) is 0 Å². The zero-order chi connectivity index (χ0) is 12.8. The first kappa shape index (κ1) is 15.6.